The van der Waals surface area contributed by atoms with Crippen molar-refractivity contribution in [2.24, 2.45) is 0 Å². The summed E-state index contributed by atoms with van der Waals surface area (Å²) in [5.41, 5.74) is 4.03. The van der Waals surface area contributed by atoms with E-state index in [1.54, 1.807) is 0 Å². The van der Waals surface area contributed by atoms with Gasteiger partial charge in [0.1, 0.15) is 0 Å². The first-order valence-corrected chi connectivity index (χ1v) is 6.21. The van der Waals surface area contributed by atoms with Crippen LogP contribution in [0, 0.1) is 0 Å². The van der Waals surface area contributed by atoms with Gasteiger partial charge in [-0.25, -0.2) is 0 Å². The summed E-state index contributed by atoms with van der Waals surface area (Å²) in [6.45, 7) is 2.22. The lowest BCUT2D eigenvalue weighted by Crippen LogP contribution is -1.84. The van der Waals surface area contributed by atoms with E-state index in [1.807, 2.05) is 0 Å². The Balaban J connectivity index is 2.33. The van der Waals surface area contributed by atoms with Gasteiger partial charge in [0.05, 0.1) is 0 Å². The Bertz CT molecular complexity index is 466. The van der Waals surface area contributed by atoms with Gasteiger partial charge in [0, 0.05) is 0 Å². The molecule has 0 N–H and O–H groups in total. The van der Waals surface area contributed by atoms with Crippen molar-refractivity contribution in [3.8, 4) is 0 Å². The van der Waals surface area contributed by atoms with Crippen LogP contribution in [0.15, 0.2) is 60.7 Å². The van der Waals surface area contributed by atoms with Crippen LogP contribution in [0.25, 0.3) is 11.6 Å². The van der Waals surface area contributed by atoms with Crippen LogP contribution in [0.3, 0.4) is 0 Å². The van der Waals surface area contributed by atoms with E-state index in [1.165, 1.54) is 23.1 Å². The van der Waals surface area contributed by atoms with Gasteiger partial charge >= 0.3 is 0 Å². The third kappa shape index (κ3) is 3.32. The fourth-order valence-corrected chi connectivity index (χ4v) is 1.97. The van der Waals surface area contributed by atoms with Crippen molar-refractivity contribution >= 4 is 11.6 Å². The maximum Gasteiger partial charge on any atom is -0.0224 e. The molecule has 0 spiro atoms. The average Bonchev–Trinajstić information content (AvgIpc) is 2.40. The van der Waals surface area contributed by atoms with E-state index in [2.05, 4.69) is 73.7 Å². The molecule has 0 heterocycles. The summed E-state index contributed by atoms with van der Waals surface area (Å²) >= 11 is 0. The molecule has 0 saturated heterocycles. The first-order chi connectivity index (χ1) is 8.40. The van der Waals surface area contributed by atoms with Crippen LogP contribution in [-0.4, -0.2) is 0 Å². The lowest BCUT2D eigenvalue weighted by Gasteiger charge is -2.06. The van der Waals surface area contributed by atoms with Crippen LogP contribution < -0.4 is 0 Å². The predicted molar refractivity (Wildman–Crippen MR) is 75.7 cm³/mol. The Kier molecular flexibility index (Phi) is 4.15. The molecule has 0 atom stereocenters. The van der Waals surface area contributed by atoms with Gasteiger partial charge in [-0.1, -0.05) is 80.1 Å². The van der Waals surface area contributed by atoms with Crippen LogP contribution in [0.1, 0.15) is 30.9 Å². The maximum absolute atomic E-state index is 2.29. The molecule has 86 valence electrons. The normalized spacial score (nSPS) is 11.5. The molecule has 0 radical (unpaired) electrons. The molecule has 0 unspecified atom stereocenters. The highest BCUT2D eigenvalue weighted by atomic mass is 14.0. The first kappa shape index (κ1) is 11.7. The highest BCUT2D eigenvalue weighted by Crippen LogP contribution is 2.22. The molecular weight excluding hydrogens is 204 g/mol. The zero-order valence-corrected chi connectivity index (χ0v) is 10.3. The molecule has 2 aromatic rings. The summed E-state index contributed by atoms with van der Waals surface area (Å²) < 4.78 is 0. The fraction of sp³-hybridized carbons (Fsp3) is 0.176. The zero-order valence-electron chi connectivity index (χ0n) is 10.3. The molecule has 2 rings (SSSR count). The van der Waals surface area contributed by atoms with Gasteiger partial charge in [-0.05, 0) is 23.1 Å². The molecule has 0 saturated carbocycles. The second-order valence-corrected chi connectivity index (χ2v) is 4.20. The van der Waals surface area contributed by atoms with Crippen molar-refractivity contribution in [1.29, 1.82) is 0 Å². The third-order valence-corrected chi connectivity index (χ3v) is 2.80. The van der Waals surface area contributed by atoms with Crippen molar-refractivity contribution in [1.82, 2.24) is 0 Å². The summed E-state index contributed by atoms with van der Waals surface area (Å²) in [6.07, 6.45) is 4.59. The molecule has 2 aromatic carbocycles. The minimum atomic E-state index is 1.12. The average molecular weight is 222 g/mol. The van der Waals surface area contributed by atoms with E-state index in [4.69, 9.17) is 0 Å². The summed E-state index contributed by atoms with van der Waals surface area (Å²) in [6, 6.07) is 21.2. The number of hydrogen-bond donors (Lipinski definition) is 0. The minimum Gasteiger partial charge on any atom is -0.0651 e. The minimum absolute atomic E-state index is 1.12. The van der Waals surface area contributed by atoms with Crippen LogP contribution in [0.5, 0.6) is 0 Å². The molecule has 0 aromatic heterocycles. The number of hydrogen-bond acceptors (Lipinski definition) is 0. The van der Waals surface area contributed by atoms with E-state index < -0.39 is 0 Å². The van der Waals surface area contributed by atoms with E-state index in [0.717, 1.165) is 6.42 Å². The fourth-order valence-electron chi connectivity index (χ4n) is 1.97. The molecule has 0 aliphatic carbocycles. The Morgan fingerprint density at radius 2 is 1.47 bits per heavy atom. The number of allylic oxidation sites excluding steroid dienone is 1. The Morgan fingerprint density at radius 1 is 0.882 bits per heavy atom. The second-order valence-electron chi connectivity index (χ2n) is 4.20. The highest BCUT2D eigenvalue weighted by Gasteiger charge is 1.99. The van der Waals surface area contributed by atoms with Crippen LogP contribution in [0.2, 0.25) is 0 Å². The Labute approximate surface area is 104 Å². The molecule has 0 aliphatic rings. The molecule has 0 bridgehead atoms. The van der Waals surface area contributed by atoms with Crippen LogP contribution in [-0.2, 0) is 0 Å². The van der Waals surface area contributed by atoms with Crippen LogP contribution >= 0.6 is 0 Å². The summed E-state index contributed by atoms with van der Waals surface area (Å²) in [7, 11) is 0. The number of rotatable bonds is 4. The summed E-state index contributed by atoms with van der Waals surface area (Å²) in [5.74, 6) is 0. The van der Waals surface area contributed by atoms with Gasteiger partial charge in [-0.3, -0.25) is 0 Å². The van der Waals surface area contributed by atoms with Crippen molar-refractivity contribution in [3.63, 3.8) is 0 Å². The van der Waals surface area contributed by atoms with Crippen molar-refractivity contribution in [2.75, 3.05) is 0 Å². The molecule has 0 aliphatic heterocycles. The van der Waals surface area contributed by atoms with Crippen molar-refractivity contribution in [3.05, 3.63) is 71.8 Å². The Hall–Kier alpha value is -1.82. The lowest BCUT2D eigenvalue weighted by molar-refractivity contribution is 0.976. The molecule has 0 heteroatoms. The third-order valence-electron chi connectivity index (χ3n) is 2.80. The standard InChI is InChI=1S/C17H18/c1-2-9-17(16-12-7-4-8-13-16)14-15-10-5-3-6-11-15/h3-8,10-14H,2,9H2,1H3/b17-14-. The van der Waals surface area contributed by atoms with E-state index in [-0.39, 0.29) is 0 Å². The van der Waals surface area contributed by atoms with Gasteiger partial charge in [0.2, 0.25) is 0 Å². The molecule has 0 amide bonds. The quantitative estimate of drug-likeness (QED) is 0.637. The number of benzene rings is 2. The lowest BCUT2D eigenvalue weighted by atomic mass is 9.99. The summed E-state index contributed by atoms with van der Waals surface area (Å²) in [5, 5.41) is 0. The van der Waals surface area contributed by atoms with Gasteiger partial charge in [-0.2, -0.15) is 0 Å². The van der Waals surface area contributed by atoms with Gasteiger partial charge in [0.15, 0.2) is 0 Å². The Morgan fingerprint density at radius 3 is 2.06 bits per heavy atom. The smallest absolute Gasteiger partial charge is 0.0224 e. The predicted octanol–water partition coefficient (Wildman–Crippen LogP) is 5.03. The topological polar surface area (TPSA) is 0 Å². The first-order valence-electron chi connectivity index (χ1n) is 6.21. The molecular formula is C17H18. The molecule has 0 nitrogen and oxygen atoms in total. The highest BCUT2D eigenvalue weighted by molar-refractivity contribution is 5.81. The second kappa shape index (κ2) is 6.05. The van der Waals surface area contributed by atoms with Gasteiger partial charge < -0.3 is 0 Å². The van der Waals surface area contributed by atoms with Crippen molar-refractivity contribution in [2.45, 2.75) is 19.8 Å². The SMILES string of the molecule is CCC/C(=C/c1ccccc1)c1ccccc1. The maximum atomic E-state index is 2.29. The zero-order chi connectivity index (χ0) is 11.9. The van der Waals surface area contributed by atoms with E-state index >= 15 is 0 Å². The molecule has 17 heavy (non-hydrogen) atoms. The largest absolute Gasteiger partial charge is 0.0651 e. The van der Waals surface area contributed by atoms with Crippen LogP contribution in [0.4, 0.5) is 0 Å². The monoisotopic (exact) mass is 222 g/mol. The summed E-state index contributed by atoms with van der Waals surface area (Å²) in [4.78, 5) is 0. The van der Waals surface area contributed by atoms with Gasteiger partial charge in [-0.15, -0.1) is 0 Å². The van der Waals surface area contributed by atoms with E-state index in [9.17, 15) is 0 Å². The molecule has 0 fully saturated rings. The van der Waals surface area contributed by atoms with Gasteiger partial charge in [0.25, 0.3) is 0 Å². The van der Waals surface area contributed by atoms with Crippen molar-refractivity contribution < 1.29 is 0 Å². The van der Waals surface area contributed by atoms with E-state index in [0.29, 0.717) is 0 Å².